The number of hydrogen-bond donors (Lipinski definition) is 2. The van der Waals surface area contributed by atoms with Crippen molar-refractivity contribution >= 4 is 11.6 Å². The second-order valence-corrected chi connectivity index (χ2v) is 6.44. The molecule has 148 valence electrons. The van der Waals surface area contributed by atoms with Crippen LogP contribution in [0.5, 0.6) is 5.75 Å². The van der Waals surface area contributed by atoms with Crippen LogP contribution in [0.25, 0.3) is 5.65 Å². The Balaban J connectivity index is 1.61. The van der Waals surface area contributed by atoms with Crippen molar-refractivity contribution in [3.8, 4) is 5.75 Å². The number of guanidine groups is 1. The van der Waals surface area contributed by atoms with Crippen molar-refractivity contribution in [2.75, 3.05) is 13.2 Å². The maximum Gasteiger partial charge on any atom is 0.191 e. The number of aromatic nitrogens is 3. The van der Waals surface area contributed by atoms with Gasteiger partial charge in [0.1, 0.15) is 5.75 Å². The van der Waals surface area contributed by atoms with Gasteiger partial charge < -0.3 is 15.4 Å². The highest BCUT2D eigenvalue weighted by molar-refractivity contribution is 5.79. The minimum Gasteiger partial charge on any atom is -0.494 e. The van der Waals surface area contributed by atoms with Crippen molar-refractivity contribution in [2.45, 2.75) is 39.8 Å². The summed E-state index contributed by atoms with van der Waals surface area (Å²) >= 11 is 0. The van der Waals surface area contributed by atoms with Crippen LogP contribution < -0.4 is 15.4 Å². The van der Waals surface area contributed by atoms with E-state index in [9.17, 15) is 0 Å². The molecule has 0 unspecified atom stereocenters. The first-order valence-corrected chi connectivity index (χ1v) is 9.82. The topological polar surface area (TPSA) is 75.8 Å². The number of rotatable bonds is 9. The fraction of sp³-hybridized carbons (Fsp3) is 0.381. The molecule has 2 heterocycles. The van der Waals surface area contributed by atoms with Gasteiger partial charge in [-0.25, -0.2) is 4.99 Å². The van der Waals surface area contributed by atoms with Gasteiger partial charge in [0.25, 0.3) is 0 Å². The first-order chi connectivity index (χ1) is 13.8. The summed E-state index contributed by atoms with van der Waals surface area (Å²) < 4.78 is 7.75. The molecular formula is C21H28N6O. The average molecular weight is 380 g/mol. The number of pyridine rings is 1. The zero-order valence-corrected chi connectivity index (χ0v) is 16.6. The number of hydrogen-bond acceptors (Lipinski definition) is 4. The number of ether oxygens (including phenoxy) is 1. The van der Waals surface area contributed by atoms with Crippen LogP contribution >= 0.6 is 0 Å². The third-order valence-electron chi connectivity index (χ3n) is 4.23. The van der Waals surface area contributed by atoms with Crippen LogP contribution in [0.4, 0.5) is 0 Å². The Bertz CT molecular complexity index is 905. The molecule has 7 nitrogen and oxygen atoms in total. The van der Waals surface area contributed by atoms with E-state index in [4.69, 9.17) is 4.74 Å². The summed E-state index contributed by atoms with van der Waals surface area (Å²) in [6.45, 7) is 6.85. The monoisotopic (exact) mass is 380 g/mol. The molecule has 28 heavy (non-hydrogen) atoms. The summed E-state index contributed by atoms with van der Waals surface area (Å²) in [5.41, 5.74) is 1.94. The minimum atomic E-state index is 0.539. The second kappa shape index (κ2) is 10.3. The van der Waals surface area contributed by atoms with Crippen LogP contribution in [0.1, 0.15) is 38.1 Å². The molecule has 7 heteroatoms. The minimum absolute atomic E-state index is 0.539. The van der Waals surface area contributed by atoms with E-state index in [0.717, 1.165) is 54.7 Å². The lowest BCUT2D eigenvalue weighted by atomic mass is 10.2. The Kier molecular flexibility index (Phi) is 7.23. The van der Waals surface area contributed by atoms with Gasteiger partial charge in [-0.2, -0.15) is 0 Å². The number of nitrogens with zero attached hydrogens (tertiary/aromatic N) is 4. The van der Waals surface area contributed by atoms with Gasteiger partial charge in [-0.15, -0.1) is 10.2 Å². The molecule has 2 N–H and O–H groups in total. The Morgan fingerprint density at radius 3 is 2.89 bits per heavy atom. The van der Waals surface area contributed by atoms with Crippen LogP contribution in [-0.2, 0) is 13.1 Å². The molecule has 0 fully saturated rings. The smallest absolute Gasteiger partial charge is 0.191 e. The van der Waals surface area contributed by atoms with Gasteiger partial charge in [-0.05, 0) is 43.2 Å². The van der Waals surface area contributed by atoms with Crippen molar-refractivity contribution in [1.29, 1.82) is 0 Å². The molecule has 0 aliphatic rings. The largest absolute Gasteiger partial charge is 0.494 e. The van der Waals surface area contributed by atoms with Gasteiger partial charge >= 0.3 is 0 Å². The summed E-state index contributed by atoms with van der Waals surface area (Å²) in [4.78, 5) is 4.68. The number of benzene rings is 1. The molecule has 3 aromatic rings. The molecule has 0 saturated heterocycles. The molecule has 0 amide bonds. The number of unbranched alkanes of at least 4 members (excludes halogenated alkanes) is 1. The van der Waals surface area contributed by atoms with E-state index in [1.54, 1.807) is 0 Å². The summed E-state index contributed by atoms with van der Waals surface area (Å²) in [5, 5.41) is 15.0. The summed E-state index contributed by atoms with van der Waals surface area (Å²) in [6, 6.07) is 14.0. The molecule has 0 saturated carbocycles. The van der Waals surface area contributed by atoms with Gasteiger partial charge in [0.05, 0.1) is 19.7 Å². The molecule has 1 aromatic carbocycles. The van der Waals surface area contributed by atoms with Crippen molar-refractivity contribution in [1.82, 2.24) is 25.2 Å². The zero-order valence-electron chi connectivity index (χ0n) is 16.6. The van der Waals surface area contributed by atoms with E-state index in [1.807, 2.05) is 47.9 Å². The Morgan fingerprint density at radius 1 is 1.11 bits per heavy atom. The van der Waals surface area contributed by atoms with Crippen LogP contribution in [0, 0.1) is 0 Å². The maximum atomic E-state index is 5.78. The molecule has 0 bridgehead atoms. The van der Waals surface area contributed by atoms with Crippen LogP contribution in [0.3, 0.4) is 0 Å². The average Bonchev–Trinajstić information content (AvgIpc) is 3.14. The predicted molar refractivity (Wildman–Crippen MR) is 111 cm³/mol. The first-order valence-electron chi connectivity index (χ1n) is 9.82. The van der Waals surface area contributed by atoms with E-state index in [2.05, 4.69) is 44.9 Å². The van der Waals surface area contributed by atoms with Crippen molar-refractivity contribution in [3.05, 3.63) is 60.0 Å². The zero-order chi connectivity index (χ0) is 19.6. The third kappa shape index (κ3) is 5.45. The number of aliphatic imine (C=N–C) groups is 1. The number of nitrogens with one attached hydrogen (secondary N) is 2. The van der Waals surface area contributed by atoms with Crippen LogP contribution in [0.15, 0.2) is 53.7 Å². The van der Waals surface area contributed by atoms with E-state index in [-0.39, 0.29) is 0 Å². The molecule has 0 atom stereocenters. The standard InChI is InChI=1S/C21H28N6O/c1-3-5-13-28-18-10-8-9-17(14-18)15-23-21(22-4-2)24-16-20-26-25-19-11-6-7-12-27(19)20/h6-12,14H,3-5,13,15-16H2,1-2H3,(H2,22,23,24). The lowest BCUT2D eigenvalue weighted by molar-refractivity contribution is 0.309. The maximum absolute atomic E-state index is 5.78. The Hall–Kier alpha value is -3.09. The molecule has 0 aliphatic carbocycles. The quantitative estimate of drug-likeness (QED) is 0.339. The molecule has 0 radical (unpaired) electrons. The third-order valence-corrected chi connectivity index (χ3v) is 4.23. The summed E-state index contributed by atoms with van der Waals surface area (Å²) in [5.74, 6) is 2.48. The lowest BCUT2D eigenvalue weighted by Crippen LogP contribution is -2.37. The Labute approximate surface area is 165 Å². The van der Waals surface area contributed by atoms with Gasteiger partial charge in [0.2, 0.25) is 0 Å². The number of fused-ring (bicyclic) bond motifs is 1. The predicted octanol–water partition coefficient (Wildman–Crippen LogP) is 3.16. The highest BCUT2D eigenvalue weighted by Gasteiger charge is 2.06. The summed E-state index contributed by atoms with van der Waals surface area (Å²) in [6.07, 6.45) is 4.15. The highest BCUT2D eigenvalue weighted by atomic mass is 16.5. The fourth-order valence-electron chi connectivity index (χ4n) is 2.75. The van der Waals surface area contributed by atoms with Gasteiger partial charge in [-0.3, -0.25) is 4.40 Å². The van der Waals surface area contributed by atoms with E-state index in [1.165, 1.54) is 0 Å². The van der Waals surface area contributed by atoms with Gasteiger partial charge in [-0.1, -0.05) is 31.5 Å². The van der Waals surface area contributed by atoms with Gasteiger partial charge in [0, 0.05) is 12.7 Å². The highest BCUT2D eigenvalue weighted by Crippen LogP contribution is 2.14. The lowest BCUT2D eigenvalue weighted by Gasteiger charge is -2.11. The molecule has 0 spiro atoms. The molecule has 2 aromatic heterocycles. The molecule has 3 rings (SSSR count). The second-order valence-electron chi connectivity index (χ2n) is 6.44. The SMILES string of the molecule is CCCCOc1cccc(CN=C(NCC)NCc2nnc3ccccn23)c1. The van der Waals surface area contributed by atoms with Crippen LogP contribution in [0.2, 0.25) is 0 Å². The van der Waals surface area contributed by atoms with Crippen molar-refractivity contribution in [3.63, 3.8) is 0 Å². The van der Waals surface area contributed by atoms with E-state index < -0.39 is 0 Å². The van der Waals surface area contributed by atoms with E-state index >= 15 is 0 Å². The van der Waals surface area contributed by atoms with E-state index in [0.29, 0.717) is 13.1 Å². The molecule has 0 aliphatic heterocycles. The van der Waals surface area contributed by atoms with Crippen molar-refractivity contribution < 1.29 is 4.74 Å². The fourth-order valence-corrected chi connectivity index (χ4v) is 2.75. The van der Waals surface area contributed by atoms with Gasteiger partial charge in [0.15, 0.2) is 17.4 Å². The first kappa shape index (κ1) is 19.7. The normalized spacial score (nSPS) is 11.6. The van der Waals surface area contributed by atoms with Crippen molar-refractivity contribution in [2.24, 2.45) is 4.99 Å². The summed E-state index contributed by atoms with van der Waals surface area (Å²) in [7, 11) is 0. The Morgan fingerprint density at radius 2 is 2.04 bits per heavy atom. The van der Waals surface area contributed by atoms with Crippen LogP contribution in [-0.4, -0.2) is 33.7 Å². The molecular weight excluding hydrogens is 352 g/mol.